The first-order valence-corrected chi connectivity index (χ1v) is 8.12. The van der Waals surface area contributed by atoms with Crippen molar-refractivity contribution in [3.05, 3.63) is 46.7 Å². The Bertz CT molecular complexity index is 612. The molecule has 3 rings (SSSR count). The molecule has 0 N–H and O–H groups in total. The minimum Gasteiger partial charge on any atom is -0.481 e. The number of hydrogen-bond donors (Lipinski definition) is 0. The molecule has 5 nitrogen and oxygen atoms in total. The Labute approximate surface area is 139 Å². The summed E-state index contributed by atoms with van der Waals surface area (Å²) >= 11 is 3.58. The molecule has 1 aliphatic rings. The van der Waals surface area contributed by atoms with Gasteiger partial charge in [-0.3, -0.25) is 4.90 Å². The Morgan fingerprint density at radius 2 is 1.95 bits per heavy atom. The van der Waals surface area contributed by atoms with Gasteiger partial charge in [-0.15, -0.1) is 0 Å². The Hall–Kier alpha value is -1.66. The molecule has 1 aliphatic heterocycles. The summed E-state index contributed by atoms with van der Waals surface area (Å²) in [5.41, 5.74) is 1.22. The number of aromatic nitrogens is 2. The maximum atomic E-state index is 5.09. The van der Waals surface area contributed by atoms with Gasteiger partial charge in [-0.2, -0.15) is 0 Å². The molecule has 0 spiro atoms. The van der Waals surface area contributed by atoms with E-state index in [9.17, 15) is 0 Å². The quantitative estimate of drug-likeness (QED) is 0.835. The van der Waals surface area contributed by atoms with Crippen molar-refractivity contribution in [1.82, 2.24) is 14.9 Å². The van der Waals surface area contributed by atoms with Gasteiger partial charge in [0.1, 0.15) is 5.82 Å². The lowest BCUT2D eigenvalue weighted by Gasteiger charge is -2.35. The van der Waals surface area contributed by atoms with Crippen molar-refractivity contribution in [2.24, 2.45) is 0 Å². The molecule has 2 aromatic heterocycles. The fourth-order valence-corrected chi connectivity index (χ4v) is 3.12. The van der Waals surface area contributed by atoms with E-state index in [1.807, 2.05) is 30.6 Å². The van der Waals surface area contributed by atoms with Crippen molar-refractivity contribution in [1.29, 1.82) is 0 Å². The Balaban J connectivity index is 1.56. The zero-order valence-corrected chi connectivity index (χ0v) is 14.2. The summed E-state index contributed by atoms with van der Waals surface area (Å²) in [5, 5.41) is 0. The normalized spacial score (nSPS) is 15.8. The molecule has 0 atom stereocenters. The molecule has 0 bridgehead atoms. The summed E-state index contributed by atoms with van der Waals surface area (Å²) < 4.78 is 6.15. The third-order valence-corrected chi connectivity index (χ3v) is 4.44. The smallest absolute Gasteiger partial charge is 0.212 e. The summed E-state index contributed by atoms with van der Waals surface area (Å²) in [7, 11) is 1.64. The highest BCUT2D eigenvalue weighted by molar-refractivity contribution is 9.10. The van der Waals surface area contributed by atoms with E-state index >= 15 is 0 Å². The molecule has 1 fully saturated rings. The Kier molecular flexibility index (Phi) is 4.90. The SMILES string of the molecule is COc1ccc(CN2CCN(c3ncccc3Br)CC2)cn1. The average Bonchev–Trinajstić information content (AvgIpc) is 2.57. The van der Waals surface area contributed by atoms with E-state index in [-0.39, 0.29) is 0 Å². The molecule has 1 saturated heterocycles. The molecule has 0 unspecified atom stereocenters. The van der Waals surface area contributed by atoms with E-state index in [0.29, 0.717) is 5.88 Å². The van der Waals surface area contributed by atoms with Crippen LogP contribution in [0.5, 0.6) is 5.88 Å². The summed E-state index contributed by atoms with van der Waals surface area (Å²) in [4.78, 5) is 13.5. The second-order valence-corrected chi connectivity index (χ2v) is 6.14. The molecule has 2 aromatic rings. The van der Waals surface area contributed by atoms with Crippen LogP contribution in [0.4, 0.5) is 5.82 Å². The molecular formula is C16H19BrN4O. The lowest BCUT2D eigenvalue weighted by molar-refractivity contribution is 0.249. The van der Waals surface area contributed by atoms with Gasteiger partial charge in [0.2, 0.25) is 5.88 Å². The second kappa shape index (κ2) is 7.07. The van der Waals surface area contributed by atoms with E-state index in [2.05, 4.69) is 41.8 Å². The van der Waals surface area contributed by atoms with Gasteiger partial charge in [-0.1, -0.05) is 6.07 Å². The number of methoxy groups -OCH3 is 1. The van der Waals surface area contributed by atoms with Crippen LogP contribution in [-0.4, -0.2) is 48.2 Å². The number of hydrogen-bond acceptors (Lipinski definition) is 5. The van der Waals surface area contributed by atoms with Gasteiger partial charge in [-0.05, 0) is 33.6 Å². The van der Waals surface area contributed by atoms with E-state index in [4.69, 9.17) is 4.74 Å². The van der Waals surface area contributed by atoms with Crippen molar-refractivity contribution in [3.8, 4) is 5.88 Å². The number of nitrogens with zero attached hydrogens (tertiary/aromatic N) is 4. The summed E-state index contributed by atoms with van der Waals surface area (Å²) in [6.07, 6.45) is 3.73. The van der Waals surface area contributed by atoms with Crippen LogP contribution in [0, 0.1) is 0 Å². The second-order valence-electron chi connectivity index (χ2n) is 5.28. The number of piperazine rings is 1. The van der Waals surface area contributed by atoms with Crippen LogP contribution in [0.25, 0.3) is 0 Å². The number of halogens is 1. The highest BCUT2D eigenvalue weighted by atomic mass is 79.9. The zero-order chi connectivity index (χ0) is 15.4. The fourth-order valence-electron chi connectivity index (χ4n) is 2.61. The van der Waals surface area contributed by atoms with Gasteiger partial charge < -0.3 is 9.64 Å². The van der Waals surface area contributed by atoms with Gasteiger partial charge in [-0.25, -0.2) is 9.97 Å². The highest BCUT2D eigenvalue weighted by Crippen LogP contribution is 2.24. The zero-order valence-electron chi connectivity index (χ0n) is 12.6. The van der Waals surface area contributed by atoms with Crippen molar-refractivity contribution < 1.29 is 4.74 Å². The van der Waals surface area contributed by atoms with Crippen LogP contribution in [-0.2, 0) is 6.54 Å². The van der Waals surface area contributed by atoms with Gasteiger partial charge >= 0.3 is 0 Å². The van der Waals surface area contributed by atoms with Crippen molar-refractivity contribution in [3.63, 3.8) is 0 Å². The molecule has 0 radical (unpaired) electrons. The minimum absolute atomic E-state index is 0.661. The van der Waals surface area contributed by atoms with Gasteiger partial charge in [0.05, 0.1) is 11.6 Å². The maximum Gasteiger partial charge on any atom is 0.212 e. The van der Waals surface area contributed by atoms with Crippen molar-refractivity contribution in [2.45, 2.75) is 6.54 Å². The van der Waals surface area contributed by atoms with Crippen LogP contribution < -0.4 is 9.64 Å². The molecule has 6 heteroatoms. The topological polar surface area (TPSA) is 41.5 Å². The lowest BCUT2D eigenvalue weighted by Crippen LogP contribution is -2.46. The van der Waals surface area contributed by atoms with Crippen molar-refractivity contribution in [2.75, 3.05) is 38.2 Å². The predicted molar refractivity (Wildman–Crippen MR) is 90.2 cm³/mol. The number of anilines is 1. The van der Waals surface area contributed by atoms with Crippen LogP contribution >= 0.6 is 15.9 Å². The summed E-state index contributed by atoms with van der Waals surface area (Å²) in [5.74, 6) is 1.70. The first kappa shape index (κ1) is 15.2. The summed E-state index contributed by atoms with van der Waals surface area (Å²) in [6, 6.07) is 7.97. The number of pyridine rings is 2. The molecule has 0 aromatic carbocycles. The number of ether oxygens (including phenoxy) is 1. The maximum absolute atomic E-state index is 5.09. The standard InChI is InChI=1S/C16H19BrN4O/c1-22-15-5-4-13(11-19-15)12-20-7-9-21(10-8-20)16-14(17)3-2-6-18-16/h2-6,11H,7-10,12H2,1H3. The molecular weight excluding hydrogens is 344 g/mol. The van der Waals surface area contributed by atoms with Crippen LogP contribution in [0.3, 0.4) is 0 Å². The molecule has 0 aliphatic carbocycles. The van der Waals surface area contributed by atoms with E-state index in [1.54, 1.807) is 7.11 Å². The highest BCUT2D eigenvalue weighted by Gasteiger charge is 2.19. The largest absolute Gasteiger partial charge is 0.481 e. The van der Waals surface area contributed by atoms with E-state index in [0.717, 1.165) is 43.0 Å². The van der Waals surface area contributed by atoms with Crippen molar-refractivity contribution >= 4 is 21.7 Å². The molecule has 0 amide bonds. The van der Waals surface area contributed by atoms with Gasteiger partial charge in [0.25, 0.3) is 0 Å². The molecule has 116 valence electrons. The van der Waals surface area contributed by atoms with Crippen LogP contribution in [0.15, 0.2) is 41.1 Å². The Morgan fingerprint density at radius 1 is 1.14 bits per heavy atom. The molecule has 3 heterocycles. The summed E-state index contributed by atoms with van der Waals surface area (Å²) in [6.45, 7) is 4.94. The monoisotopic (exact) mass is 362 g/mol. The minimum atomic E-state index is 0.661. The van der Waals surface area contributed by atoms with Crippen LogP contribution in [0.1, 0.15) is 5.56 Å². The average molecular weight is 363 g/mol. The van der Waals surface area contributed by atoms with Gasteiger partial charge in [0.15, 0.2) is 0 Å². The lowest BCUT2D eigenvalue weighted by atomic mass is 10.2. The van der Waals surface area contributed by atoms with E-state index in [1.165, 1.54) is 5.56 Å². The predicted octanol–water partition coefficient (Wildman–Crippen LogP) is 2.57. The fraction of sp³-hybridized carbons (Fsp3) is 0.375. The first-order valence-electron chi connectivity index (χ1n) is 7.33. The molecule has 22 heavy (non-hydrogen) atoms. The first-order chi connectivity index (χ1) is 10.8. The third-order valence-electron chi connectivity index (χ3n) is 3.82. The van der Waals surface area contributed by atoms with Crippen LogP contribution in [0.2, 0.25) is 0 Å². The van der Waals surface area contributed by atoms with Gasteiger partial charge in [0, 0.05) is 51.2 Å². The number of rotatable bonds is 4. The Morgan fingerprint density at radius 3 is 2.59 bits per heavy atom. The van der Waals surface area contributed by atoms with E-state index < -0.39 is 0 Å². The molecule has 0 saturated carbocycles. The third kappa shape index (κ3) is 3.56.